The summed E-state index contributed by atoms with van der Waals surface area (Å²) in [6.07, 6.45) is 2.42. The monoisotopic (exact) mass is 323 g/mol. The summed E-state index contributed by atoms with van der Waals surface area (Å²) in [5, 5.41) is 16.4. The Morgan fingerprint density at radius 3 is 3.05 bits per heavy atom. The number of aliphatic hydroxyl groups excluding tert-OH is 1. The molecule has 116 valence electrons. The Labute approximate surface area is 131 Å². The van der Waals surface area contributed by atoms with Crippen LogP contribution in [0.4, 0.5) is 4.39 Å². The highest BCUT2D eigenvalue weighted by Gasteiger charge is 2.26. The van der Waals surface area contributed by atoms with Gasteiger partial charge in [-0.2, -0.15) is 5.10 Å². The van der Waals surface area contributed by atoms with Gasteiger partial charge in [-0.05, 0) is 31.0 Å². The van der Waals surface area contributed by atoms with Crippen LogP contribution < -0.4 is 0 Å². The number of hydrogen-bond donors (Lipinski definition) is 2. The number of halogens is 2. The summed E-state index contributed by atoms with van der Waals surface area (Å²) in [6.45, 7) is 0.915. The minimum absolute atomic E-state index is 0.0149. The number of aromatic amines is 1. The van der Waals surface area contributed by atoms with E-state index >= 15 is 0 Å². The number of piperidine rings is 1. The molecule has 2 N–H and O–H groups in total. The lowest BCUT2D eigenvalue weighted by molar-refractivity contribution is 0.0474. The fourth-order valence-electron chi connectivity index (χ4n) is 2.63. The summed E-state index contributed by atoms with van der Waals surface area (Å²) in [5.41, 5.74) is 1.47. The van der Waals surface area contributed by atoms with Gasteiger partial charge in [0, 0.05) is 18.7 Å². The van der Waals surface area contributed by atoms with Gasteiger partial charge < -0.3 is 10.0 Å². The van der Waals surface area contributed by atoms with Crippen LogP contribution in [0, 0.1) is 5.82 Å². The fraction of sp³-hybridized carbons (Fsp3) is 0.333. The van der Waals surface area contributed by atoms with E-state index in [0.717, 1.165) is 6.42 Å². The van der Waals surface area contributed by atoms with Crippen LogP contribution in [0.5, 0.6) is 0 Å². The SMILES string of the molecule is O=C(c1cn[nH]c1-c1ccc(F)c(Cl)c1)N1CCCC(O)C1. The Hall–Kier alpha value is -1.92. The van der Waals surface area contributed by atoms with Crippen LogP contribution in [0.2, 0.25) is 5.02 Å². The van der Waals surface area contributed by atoms with Gasteiger partial charge in [0.1, 0.15) is 5.82 Å². The maximum Gasteiger partial charge on any atom is 0.257 e. The molecule has 1 aromatic heterocycles. The number of H-pyrrole nitrogens is 1. The second-order valence-corrected chi connectivity index (χ2v) is 5.74. The average Bonchev–Trinajstić information content (AvgIpc) is 2.98. The molecule has 1 saturated heterocycles. The Kier molecular flexibility index (Phi) is 4.13. The second-order valence-electron chi connectivity index (χ2n) is 5.33. The van der Waals surface area contributed by atoms with E-state index < -0.39 is 11.9 Å². The van der Waals surface area contributed by atoms with Crippen LogP contribution in [0.15, 0.2) is 24.4 Å². The first kappa shape index (κ1) is 15.0. The Morgan fingerprint density at radius 1 is 1.50 bits per heavy atom. The van der Waals surface area contributed by atoms with E-state index in [1.54, 1.807) is 4.90 Å². The summed E-state index contributed by atoms with van der Waals surface area (Å²) >= 11 is 5.79. The van der Waals surface area contributed by atoms with Gasteiger partial charge in [0.05, 0.1) is 28.6 Å². The van der Waals surface area contributed by atoms with Crippen molar-refractivity contribution in [3.05, 3.63) is 40.8 Å². The summed E-state index contributed by atoms with van der Waals surface area (Å²) in [5.74, 6) is -0.722. The zero-order valence-electron chi connectivity index (χ0n) is 11.7. The molecular formula is C15H15ClFN3O2. The van der Waals surface area contributed by atoms with Crippen molar-refractivity contribution in [2.24, 2.45) is 0 Å². The van der Waals surface area contributed by atoms with Gasteiger partial charge >= 0.3 is 0 Å². The van der Waals surface area contributed by atoms with Gasteiger partial charge in [-0.25, -0.2) is 4.39 Å². The van der Waals surface area contributed by atoms with Crippen LogP contribution in [0.1, 0.15) is 23.2 Å². The van der Waals surface area contributed by atoms with Crippen LogP contribution in [0.3, 0.4) is 0 Å². The normalized spacial score (nSPS) is 18.5. The van der Waals surface area contributed by atoms with Crippen LogP contribution in [0.25, 0.3) is 11.3 Å². The second kappa shape index (κ2) is 6.06. The molecule has 2 aromatic rings. The number of rotatable bonds is 2. The van der Waals surface area contributed by atoms with Gasteiger partial charge in [-0.15, -0.1) is 0 Å². The molecule has 2 heterocycles. The number of aromatic nitrogens is 2. The molecule has 22 heavy (non-hydrogen) atoms. The van der Waals surface area contributed by atoms with E-state index in [-0.39, 0.29) is 10.9 Å². The Balaban J connectivity index is 1.91. The predicted molar refractivity (Wildman–Crippen MR) is 80.1 cm³/mol. The van der Waals surface area contributed by atoms with Crippen LogP contribution in [-0.2, 0) is 0 Å². The van der Waals surface area contributed by atoms with Crippen molar-refractivity contribution in [3.63, 3.8) is 0 Å². The van der Waals surface area contributed by atoms with Crippen molar-refractivity contribution in [1.29, 1.82) is 0 Å². The number of carbonyl (C=O) groups excluding carboxylic acids is 1. The lowest BCUT2D eigenvalue weighted by atomic mass is 10.0. The third kappa shape index (κ3) is 2.84. The van der Waals surface area contributed by atoms with E-state index in [1.165, 1.54) is 24.4 Å². The third-order valence-corrected chi connectivity index (χ3v) is 4.05. The summed E-state index contributed by atoms with van der Waals surface area (Å²) in [4.78, 5) is 14.2. The van der Waals surface area contributed by atoms with E-state index in [9.17, 15) is 14.3 Å². The molecule has 1 amide bonds. The van der Waals surface area contributed by atoms with Crippen molar-refractivity contribution >= 4 is 17.5 Å². The van der Waals surface area contributed by atoms with E-state index in [4.69, 9.17) is 11.6 Å². The highest BCUT2D eigenvalue weighted by atomic mass is 35.5. The van der Waals surface area contributed by atoms with Crippen molar-refractivity contribution in [2.75, 3.05) is 13.1 Å². The topological polar surface area (TPSA) is 69.2 Å². The van der Waals surface area contributed by atoms with Crippen molar-refractivity contribution in [2.45, 2.75) is 18.9 Å². The molecule has 0 radical (unpaired) electrons. The molecule has 1 atom stereocenters. The van der Waals surface area contributed by atoms with Gasteiger partial charge in [-0.3, -0.25) is 9.89 Å². The smallest absolute Gasteiger partial charge is 0.257 e. The lowest BCUT2D eigenvalue weighted by Gasteiger charge is -2.30. The number of aliphatic hydroxyl groups is 1. The molecule has 5 nitrogen and oxygen atoms in total. The zero-order valence-corrected chi connectivity index (χ0v) is 12.5. The Morgan fingerprint density at radius 2 is 2.32 bits per heavy atom. The minimum atomic E-state index is -0.517. The highest BCUT2D eigenvalue weighted by Crippen LogP contribution is 2.27. The number of likely N-dealkylation sites (tertiary alicyclic amines) is 1. The lowest BCUT2D eigenvalue weighted by Crippen LogP contribution is -2.42. The number of benzene rings is 1. The average molecular weight is 324 g/mol. The first-order valence-electron chi connectivity index (χ1n) is 7.02. The maximum absolute atomic E-state index is 13.3. The van der Waals surface area contributed by atoms with Gasteiger partial charge in [0.25, 0.3) is 5.91 Å². The third-order valence-electron chi connectivity index (χ3n) is 3.76. The molecular weight excluding hydrogens is 309 g/mol. The Bertz CT molecular complexity index is 704. The van der Waals surface area contributed by atoms with Gasteiger partial charge in [0.2, 0.25) is 0 Å². The summed E-state index contributed by atoms with van der Waals surface area (Å²) in [6, 6.07) is 4.24. The van der Waals surface area contributed by atoms with E-state index in [0.29, 0.717) is 36.3 Å². The fourth-order valence-corrected chi connectivity index (χ4v) is 2.81. The molecule has 0 bridgehead atoms. The van der Waals surface area contributed by atoms with E-state index in [2.05, 4.69) is 10.2 Å². The molecule has 0 saturated carbocycles. The molecule has 1 unspecified atom stereocenters. The number of carbonyl (C=O) groups is 1. The number of nitrogens with zero attached hydrogens (tertiary/aromatic N) is 2. The predicted octanol–water partition coefficient (Wildman–Crippen LogP) is 2.47. The summed E-state index contributed by atoms with van der Waals surface area (Å²) < 4.78 is 13.3. The minimum Gasteiger partial charge on any atom is -0.391 e. The van der Waals surface area contributed by atoms with E-state index in [1.807, 2.05) is 0 Å². The molecule has 1 aliphatic rings. The van der Waals surface area contributed by atoms with Crippen LogP contribution >= 0.6 is 11.6 Å². The van der Waals surface area contributed by atoms with Crippen molar-refractivity contribution in [3.8, 4) is 11.3 Å². The van der Waals surface area contributed by atoms with Crippen LogP contribution in [-0.4, -0.2) is 45.3 Å². The number of hydrogen-bond acceptors (Lipinski definition) is 3. The number of amides is 1. The summed E-state index contributed by atoms with van der Waals surface area (Å²) in [7, 11) is 0. The molecule has 3 rings (SSSR count). The molecule has 7 heteroatoms. The quantitative estimate of drug-likeness (QED) is 0.892. The van der Waals surface area contributed by atoms with Gasteiger partial charge in [-0.1, -0.05) is 11.6 Å². The highest BCUT2D eigenvalue weighted by molar-refractivity contribution is 6.31. The molecule has 1 aromatic carbocycles. The zero-order chi connectivity index (χ0) is 15.7. The number of nitrogens with one attached hydrogen (secondary N) is 1. The van der Waals surface area contributed by atoms with Gasteiger partial charge in [0.15, 0.2) is 0 Å². The molecule has 1 fully saturated rings. The molecule has 0 spiro atoms. The maximum atomic E-state index is 13.3. The van der Waals surface area contributed by atoms with Crippen molar-refractivity contribution < 1.29 is 14.3 Å². The van der Waals surface area contributed by atoms with Crippen molar-refractivity contribution in [1.82, 2.24) is 15.1 Å². The standard InChI is InChI=1S/C15H15ClFN3O2/c16-12-6-9(3-4-13(12)17)14-11(7-18-19-14)15(22)20-5-1-2-10(21)8-20/h3-4,6-7,10,21H,1-2,5,8H2,(H,18,19). The largest absolute Gasteiger partial charge is 0.391 e. The first-order valence-corrected chi connectivity index (χ1v) is 7.40. The molecule has 1 aliphatic heterocycles. The first-order chi connectivity index (χ1) is 10.6. The molecule has 0 aliphatic carbocycles. The number of β-amino-alcohol motifs (C(OH)–C–C–N with tert-alkyl or cyclic N) is 1.